The van der Waals surface area contributed by atoms with Gasteiger partial charge in [-0.3, -0.25) is 4.79 Å². The van der Waals surface area contributed by atoms with E-state index >= 15 is 0 Å². The lowest BCUT2D eigenvalue weighted by Gasteiger charge is -2.12. The highest BCUT2D eigenvalue weighted by molar-refractivity contribution is 5.85. The molecule has 3 rings (SSSR count). The van der Waals surface area contributed by atoms with E-state index in [0.29, 0.717) is 6.54 Å². The van der Waals surface area contributed by atoms with Crippen LogP contribution in [0.1, 0.15) is 18.5 Å². The lowest BCUT2D eigenvalue weighted by Crippen LogP contribution is -2.32. The van der Waals surface area contributed by atoms with Crippen molar-refractivity contribution in [1.29, 1.82) is 0 Å². The zero-order valence-corrected chi connectivity index (χ0v) is 10.5. The van der Waals surface area contributed by atoms with Gasteiger partial charge >= 0.3 is 6.03 Å². The molecule has 2 heterocycles. The molecule has 1 atom stereocenters. The van der Waals surface area contributed by atoms with Crippen LogP contribution >= 0.6 is 0 Å². The van der Waals surface area contributed by atoms with Crippen molar-refractivity contribution in [3.8, 4) is 0 Å². The number of urea groups is 1. The van der Waals surface area contributed by atoms with Gasteiger partial charge in [-0.2, -0.15) is 0 Å². The summed E-state index contributed by atoms with van der Waals surface area (Å²) in [5, 5.41) is 2.88. The Morgan fingerprint density at radius 1 is 1.53 bits per heavy atom. The number of carbonyl (C=O) groups is 2. The van der Waals surface area contributed by atoms with Crippen LogP contribution in [0.15, 0.2) is 24.5 Å². The largest absolute Gasteiger partial charge is 0.345 e. The Morgan fingerprint density at radius 3 is 3.16 bits per heavy atom. The number of benzene rings is 1. The number of nitrogens with zero attached hydrogens (tertiary/aromatic N) is 2. The van der Waals surface area contributed by atoms with Crippen molar-refractivity contribution in [3.05, 3.63) is 30.1 Å². The van der Waals surface area contributed by atoms with Crippen molar-refractivity contribution in [2.24, 2.45) is 0 Å². The molecule has 0 bridgehead atoms. The number of carbonyl (C=O) groups excluding carboxylic acids is 2. The molecule has 98 valence electrons. The topological polar surface area (TPSA) is 78.1 Å². The molecule has 1 aromatic heterocycles. The van der Waals surface area contributed by atoms with E-state index < -0.39 is 0 Å². The van der Waals surface area contributed by atoms with Gasteiger partial charge in [0.15, 0.2) is 0 Å². The van der Waals surface area contributed by atoms with Gasteiger partial charge in [0.2, 0.25) is 0 Å². The Balaban J connectivity index is 1.83. The molecular weight excluding hydrogens is 244 g/mol. The van der Waals surface area contributed by atoms with Crippen molar-refractivity contribution in [3.63, 3.8) is 0 Å². The number of rotatable bonds is 3. The molecule has 6 nitrogen and oxygen atoms in total. The third-order valence-electron chi connectivity index (χ3n) is 3.25. The molecular formula is C13H14N4O2. The summed E-state index contributed by atoms with van der Waals surface area (Å²) in [6.45, 7) is 2.16. The van der Waals surface area contributed by atoms with E-state index in [4.69, 9.17) is 0 Å². The van der Waals surface area contributed by atoms with Gasteiger partial charge in [-0.1, -0.05) is 6.07 Å². The van der Waals surface area contributed by atoms with Crippen molar-refractivity contribution >= 4 is 22.8 Å². The smallest absolute Gasteiger partial charge is 0.318 e. The van der Waals surface area contributed by atoms with E-state index in [0.717, 1.165) is 16.6 Å². The summed E-state index contributed by atoms with van der Waals surface area (Å²) in [5.74, 6) is -0.0141. The molecule has 0 radical (unpaired) electrons. The molecule has 6 heteroatoms. The molecule has 1 aliphatic rings. The fourth-order valence-electron chi connectivity index (χ4n) is 2.35. The lowest BCUT2D eigenvalue weighted by molar-refractivity contribution is -0.117. The van der Waals surface area contributed by atoms with E-state index in [1.165, 1.54) is 11.8 Å². The number of ketones is 1. The minimum Gasteiger partial charge on any atom is -0.345 e. The first-order valence-electron chi connectivity index (χ1n) is 6.11. The van der Waals surface area contributed by atoms with Crippen LogP contribution in [-0.2, 0) is 4.79 Å². The molecule has 0 saturated carbocycles. The summed E-state index contributed by atoms with van der Waals surface area (Å²) in [7, 11) is 0. The number of imidazole rings is 1. The fraction of sp³-hybridized carbons (Fsp3) is 0.308. The summed E-state index contributed by atoms with van der Waals surface area (Å²) in [6.07, 6.45) is 1.64. The minimum absolute atomic E-state index is 0.0141. The Hall–Kier alpha value is -2.37. The Kier molecular flexibility index (Phi) is 2.70. The normalized spacial score (nSPS) is 18.9. The Morgan fingerprint density at radius 2 is 2.37 bits per heavy atom. The maximum atomic E-state index is 11.7. The van der Waals surface area contributed by atoms with Crippen LogP contribution in [0.2, 0.25) is 0 Å². The molecule has 1 unspecified atom stereocenters. The monoisotopic (exact) mass is 258 g/mol. The number of fused-ring (bicyclic) bond motifs is 1. The van der Waals surface area contributed by atoms with Crippen LogP contribution in [0.5, 0.6) is 0 Å². The fourth-order valence-corrected chi connectivity index (χ4v) is 2.35. The third kappa shape index (κ3) is 2.16. The number of H-pyrrole nitrogens is 1. The number of amides is 2. The van der Waals surface area contributed by atoms with E-state index in [9.17, 15) is 9.59 Å². The quantitative estimate of drug-likeness (QED) is 0.868. The average Bonchev–Trinajstić information content (AvgIpc) is 2.95. The van der Waals surface area contributed by atoms with E-state index in [1.807, 2.05) is 18.2 Å². The minimum atomic E-state index is -0.190. The van der Waals surface area contributed by atoms with Gasteiger partial charge in [0.1, 0.15) is 5.78 Å². The number of aromatic nitrogens is 2. The molecule has 1 aliphatic heterocycles. The molecule has 0 aliphatic carbocycles. The van der Waals surface area contributed by atoms with Crippen LogP contribution < -0.4 is 5.32 Å². The van der Waals surface area contributed by atoms with Crippen molar-refractivity contribution < 1.29 is 9.59 Å². The molecule has 2 amide bonds. The first-order chi connectivity index (χ1) is 9.13. The maximum Gasteiger partial charge on any atom is 0.318 e. The predicted octanol–water partition coefficient (Wildman–Crippen LogP) is 1.22. The van der Waals surface area contributed by atoms with Crippen LogP contribution in [0.25, 0.3) is 11.0 Å². The summed E-state index contributed by atoms with van der Waals surface area (Å²) in [4.78, 5) is 31.6. The van der Waals surface area contributed by atoms with Crippen LogP contribution in [0.4, 0.5) is 4.79 Å². The van der Waals surface area contributed by atoms with E-state index in [-0.39, 0.29) is 24.4 Å². The lowest BCUT2D eigenvalue weighted by atomic mass is 10.1. The van der Waals surface area contributed by atoms with Crippen molar-refractivity contribution in [1.82, 2.24) is 20.2 Å². The standard InChI is InChI=1S/C13H14N4O2/c1-8(18)5-17-6-12(16-13(17)19)9-2-3-10-11(4-9)15-7-14-10/h2-4,7,12H,5-6H2,1H3,(H,14,15)(H,16,19). The van der Waals surface area contributed by atoms with Gasteiger partial charge in [-0.15, -0.1) is 0 Å². The molecule has 2 aromatic rings. The highest BCUT2D eigenvalue weighted by Gasteiger charge is 2.30. The molecule has 0 spiro atoms. The first kappa shape index (κ1) is 11.7. The van der Waals surface area contributed by atoms with Gasteiger partial charge in [-0.05, 0) is 24.6 Å². The van der Waals surface area contributed by atoms with Gasteiger partial charge in [-0.25, -0.2) is 9.78 Å². The van der Waals surface area contributed by atoms with Crippen LogP contribution in [0, 0.1) is 0 Å². The third-order valence-corrected chi connectivity index (χ3v) is 3.25. The zero-order chi connectivity index (χ0) is 13.4. The molecule has 19 heavy (non-hydrogen) atoms. The average molecular weight is 258 g/mol. The second kappa shape index (κ2) is 4.38. The maximum absolute atomic E-state index is 11.7. The van der Waals surface area contributed by atoms with E-state index in [2.05, 4.69) is 15.3 Å². The summed E-state index contributed by atoms with van der Waals surface area (Å²) >= 11 is 0. The Bertz CT molecular complexity index is 649. The van der Waals surface area contributed by atoms with Crippen LogP contribution in [0.3, 0.4) is 0 Å². The molecule has 1 saturated heterocycles. The van der Waals surface area contributed by atoms with Gasteiger partial charge in [0.25, 0.3) is 0 Å². The van der Waals surface area contributed by atoms with Gasteiger partial charge < -0.3 is 15.2 Å². The number of nitrogens with one attached hydrogen (secondary N) is 2. The highest BCUT2D eigenvalue weighted by Crippen LogP contribution is 2.22. The molecule has 1 fully saturated rings. The van der Waals surface area contributed by atoms with Gasteiger partial charge in [0.05, 0.1) is 29.9 Å². The van der Waals surface area contributed by atoms with Gasteiger partial charge in [0, 0.05) is 6.54 Å². The number of hydrogen-bond acceptors (Lipinski definition) is 3. The number of aromatic amines is 1. The first-order valence-corrected chi connectivity index (χ1v) is 6.11. The second-order valence-electron chi connectivity index (χ2n) is 4.76. The second-order valence-corrected chi connectivity index (χ2v) is 4.76. The number of hydrogen-bond donors (Lipinski definition) is 2. The molecule has 1 aromatic carbocycles. The predicted molar refractivity (Wildman–Crippen MR) is 69.6 cm³/mol. The highest BCUT2D eigenvalue weighted by atomic mass is 16.2. The van der Waals surface area contributed by atoms with E-state index in [1.54, 1.807) is 6.33 Å². The molecule has 2 N–H and O–H groups in total. The zero-order valence-electron chi connectivity index (χ0n) is 10.5. The SMILES string of the molecule is CC(=O)CN1CC(c2ccc3nc[nH]c3c2)NC1=O. The summed E-state index contributed by atoms with van der Waals surface area (Å²) in [6, 6.07) is 5.57. The van der Waals surface area contributed by atoms with Crippen molar-refractivity contribution in [2.75, 3.05) is 13.1 Å². The summed E-state index contributed by atoms with van der Waals surface area (Å²) < 4.78 is 0. The summed E-state index contributed by atoms with van der Waals surface area (Å²) in [5.41, 5.74) is 2.85. The Labute approximate surface area is 109 Å². The number of Topliss-reactive ketones (excluding diaryl/α,β-unsaturated/α-hetero) is 1. The van der Waals surface area contributed by atoms with Crippen LogP contribution in [-0.4, -0.2) is 39.8 Å². The van der Waals surface area contributed by atoms with Crippen molar-refractivity contribution in [2.45, 2.75) is 13.0 Å².